The molecule has 0 saturated carbocycles. The van der Waals surface area contributed by atoms with Crippen molar-refractivity contribution in [1.82, 2.24) is 10.6 Å². The summed E-state index contributed by atoms with van der Waals surface area (Å²) in [5.41, 5.74) is 0. The largest absolute Gasteiger partial charge is 0.462 e. The van der Waals surface area contributed by atoms with Crippen molar-refractivity contribution in [2.24, 2.45) is 11.8 Å². The molecule has 2 unspecified atom stereocenters. The van der Waals surface area contributed by atoms with Gasteiger partial charge in [0.2, 0.25) is 5.91 Å². The van der Waals surface area contributed by atoms with E-state index >= 15 is 0 Å². The van der Waals surface area contributed by atoms with Crippen molar-refractivity contribution in [3.63, 3.8) is 0 Å². The van der Waals surface area contributed by atoms with Crippen LogP contribution in [-0.4, -0.2) is 56.8 Å². The Balaban J connectivity index is 0. The smallest absolute Gasteiger partial charge is 0.407 e. The fourth-order valence-corrected chi connectivity index (χ4v) is 1.60. The summed E-state index contributed by atoms with van der Waals surface area (Å²) in [7, 11) is 0. The number of esters is 2. The average Bonchev–Trinajstić information content (AvgIpc) is 2.78. The maximum Gasteiger partial charge on any atom is 0.407 e. The lowest BCUT2D eigenvalue weighted by Gasteiger charge is -2.10. The molecule has 0 rings (SSSR count). The van der Waals surface area contributed by atoms with E-state index in [1.807, 2.05) is 26.8 Å². The molecule has 0 saturated heterocycles. The number of hydrogen-bond acceptors (Lipinski definition) is 8. The third kappa shape index (κ3) is 18.7. The summed E-state index contributed by atoms with van der Waals surface area (Å²) in [4.78, 5) is 44.2. The van der Waals surface area contributed by atoms with Crippen molar-refractivity contribution in [1.29, 1.82) is 5.26 Å². The van der Waals surface area contributed by atoms with E-state index in [9.17, 15) is 19.2 Å². The third-order valence-electron chi connectivity index (χ3n) is 3.95. The zero-order valence-corrected chi connectivity index (χ0v) is 18.9. The fraction of sp³-hybridized carbons (Fsp3) is 0.667. The second kappa shape index (κ2) is 20.2. The van der Waals surface area contributed by atoms with E-state index < -0.39 is 12.1 Å². The standard InChI is InChI=1S/C13H21NO6.C8H14N2O/c1-4-10(3)12(16)19-8-9-20-13(17)14-6-7-18-11(15)5-2;1-3-7(2)8(11)10-6-4-5-9/h5,10H,2,4,6-9H2,1,3H3,(H,14,17);7H,3-4,6H2,1-2H3,(H,10,11). The van der Waals surface area contributed by atoms with Gasteiger partial charge in [-0.25, -0.2) is 9.59 Å². The number of carbonyl (C=O) groups is 4. The van der Waals surface area contributed by atoms with Crippen molar-refractivity contribution < 1.29 is 33.4 Å². The summed E-state index contributed by atoms with van der Waals surface area (Å²) in [6.07, 6.45) is 2.30. The zero-order valence-electron chi connectivity index (χ0n) is 18.9. The monoisotopic (exact) mass is 441 g/mol. The molecule has 0 aromatic heterocycles. The van der Waals surface area contributed by atoms with E-state index in [0.717, 1.165) is 12.5 Å². The lowest BCUT2D eigenvalue weighted by Crippen LogP contribution is -2.29. The van der Waals surface area contributed by atoms with Gasteiger partial charge >= 0.3 is 18.0 Å². The molecule has 0 aliphatic carbocycles. The van der Waals surface area contributed by atoms with E-state index in [1.165, 1.54) is 0 Å². The van der Waals surface area contributed by atoms with Crippen LogP contribution in [0.15, 0.2) is 12.7 Å². The quantitative estimate of drug-likeness (QED) is 0.191. The minimum absolute atomic E-state index is 0.0159. The molecule has 31 heavy (non-hydrogen) atoms. The molecular formula is C21H35N3O7. The highest BCUT2D eigenvalue weighted by atomic mass is 16.6. The summed E-state index contributed by atoms with van der Waals surface area (Å²) >= 11 is 0. The molecule has 0 aromatic carbocycles. The molecular weight excluding hydrogens is 406 g/mol. The van der Waals surface area contributed by atoms with Crippen LogP contribution in [-0.2, 0) is 28.6 Å². The van der Waals surface area contributed by atoms with E-state index in [1.54, 1.807) is 6.92 Å². The van der Waals surface area contributed by atoms with Gasteiger partial charge in [-0.2, -0.15) is 5.26 Å². The van der Waals surface area contributed by atoms with Crippen LogP contribution in [0, 0.1) is 23.2 Å². The van der Waals surface area contributed by atoms with Gasteiger partial charge in [-0.1, -0.05) is 34.3 Å². The van der Waals surface area contributed by atoms with Crippen LogP contribution in [0.5, 0.6) is 0 Å². The Bertz CT molecular complexity index is 602. The predicted molar refractivity (Wildman–Crippen MR) is 114 cm³/mol. The lowest BCUT2D eigenvalue weighted by molar-refractivity contribution is -0.149. The number of carbonyl (C=O) groups excluding carboxylic acids is 4. The molecule has 10 heteroatoms. The first-order valence-corrected chi connectivity index (χ1v) is 10.2. The summed E-state index contributed by atoms with van der Waals surface area (Å²) in [6, 6.07) is 1.97. The number of hydrogen-bond donors (Lipinski definition) is 2. The first-order chi connectivity index (χ1) is 14.7. The van der Waals surface area contributed by atoms with Crippen LogP contribution < -0.4 is 10.6 Å². The van der Waals surface area contributed by atoms with E-state index in [-0.39, 0.29) is 50.1 Å². The highest BCUT2D eigenvalue weighted by Gasteiger charge is 2.12. The predicted octanol–water partition coefficient (Wildman–Crippen LogP) is 2.09. The molecule has 0 aliphatic heterocycles. The summed E-state index contributed by atoms with van der Waals surface area (Å²) in [5, 5.41) is 13.2. The van der Waals surface area contributed by atoms with Crippen molar-refractivity contribution >= 4 is 23.9 Å². The van der Waals surface area contributed by atoms with E-state index in [2.05, 4.69) is 21.9 Å². The highest BCUT2D eigenvalue weighted by Crippen LogP contribution is 2.02. The van der Waals surface area contributed by atoms with E-state index in [0.29, 0.717) is 19.4 Å². The fourth-order valence-electron chi connectivity index (χ4n) is 1.60. The van der Waals surface area contributed by atoms with Gasteiger partial charge in [0.05, 0.1) is 25.0 Å². The Labute approximate surface area is 184 Å². The Kier molecular flexibility index (Phi) is 19.6. The average molecular weight is 442 g/mol. The molecule has 0 spiro atoms. The van der Waals surface area contributed by atoms with Crippen molar-refractivity contribution in [2.45, 2.75) is 47.0 Å². The maximum absolute atomic E-state index is 11.3. The summed E-state index contributed by atoms with van der Waals surface area (Å²) in [5.74, 6) is -0.926. The van der Waals surface area contributed by atoms with Crippen molar-refractivity contribution in [3.05, 3.63) is 12.7 Å². The van der Waals surface area contributed by atoms with E-state index in [4.69, 9.17) is 14.7 Å². The molecule has 0 fully saturated rings. The molecule has 0 aromatic rings. The van der Waals surface area contributed by atoms with Gasteiger partial charge in [-0.05, 0) is 12.8 Å². The first kappa shape index (κ1) is 30.1. The van der Waals surface area contributed by atoms with Crippen LogP contribution in [0.3, 0.4) is 0 Å². The number of alkyl carbamates (subject to hydrolysis) is 1. The van der Waals surface area contributed by atoms with Gasteiger partial charge in [0.1, 0.15) is 19.8 Å². The van der Waals surface area contributed by atoms with Gasteiger partial charge in [-0.15, -0.1) is 0 Å². The minimum Gasteiger partial charge on any atom is -0.462 e. The molecule has 0 heterocycles. The van der Waals surface area contributed by atoms with Gasteiger partial charge in [0.15, 0.2) is 0 Å². The molecule has 10 nitrogen and oxygen atoms in total. The van der Waals surface area contributed by atoms with Gasteiger partial charge in [-0.3, -0.25) is 9.59 Å². The number of nitrogens with one attached hydrogen (secondary N) is 2. The maximum atomic E-state index is 11.3. The van der Waals surface area contributed by atoms with Crippen LogP contribution in [0.2, 0.25) is 0 Å². The molecule has 176 valence electrons. The lowest BCUT2D eigenvalue weighted by atomic mass is 10.1. The molecule has 2 amide bonds. The Morgan fingerprint density at radius 3 is 2.10 bits per heavy atom. The number of ether oxygens (including phenoxy) is 3. The molecule has 0 bridgehead atoms. The number of rotatable bonds is 13. The first-order valence-electron chi connectivity index (χ1n) is 10.2. The second-order valence-electron chi connectivity index (χ2n) is 6.42. The van der Waals surface area contributed by atoms with Gasteiger partial charge in [0, 0.05) is 18.5 Å². The summed E-state index contributed by atoms with van der Waals surface area (Å²) in [6.45, 7) is 11.3. The highest BCUT2D eigenvalue weighted by molar-refractivity contribution is 5.81. The van der Waals surface area contributed by atoms with Crippen LogP contribution >= 0.6 is 0 Å². The number of nitrogens with zero attached hydrogens (tertiary/aromatic N) is 1. The topological polar surface area (TPSA) is 144 Å². The van der Waals surface area contributed by atoms with Crippen LogP contribution in [0.25, 0.3) is 0 Å². The molecule has 2 atom stereocenters. The van der Waals surface area contributed by atoms with Crippen LogP contribution in [0.4, 0.5) is 4.79 Å². The second-order valence-corrected chi connectivity index (χ2v) is 6.42. The molecule has 2 N–H and O–H groups in total. The van der Waals surface area contributed by atoms with Gasteiger partial charge < -0.3 is 24.8 Å². The third-order valence-corrected chi connectivity index (χ3v) is 3.95. The molecule has 0 aliphatic rings. The zero-order chi connectivity index (χ0) is 24.1. The SMILES string of the molecule is C=CC(=O)OCCNC(=O)OCCOC(=O)C(C)CC.CCC(C)C(=O)NCCC#N. The number of amides is 2. The van der Waals surface area contributed by atoms with Crippen molar-refractivity contribution in [2.75, 3.05) is 32.9 Å². The Morgan fingerprint density at radius 1 is 0.935 bits per heavy atom. The Morgan fingerprint density at radius 2 is 1.55 bits per heavy atom. The van der Waals surface area contributed by atoms with Crippen molar-refractivity contribution in [3.8, 4) is 6.07 Å². The van der Waals surface area contributed by atoms with Crippen LogP contribution in [0.1, 0.15) is 47.0 Å². The number of nitriles is 1. The normalized spacial score (nSPS) is 11.3. The Hall–Kier alpha value is -3.09. The molecule has 0 radical (unpaired) electrons. The summed E-state index contributed by atoms with van der Waals surface area (Å²) < 4.78 is 14.3. The van der Waals surface area contributed by atoms with Gasteiger partial charge in [0.25, 0.3) is 0 Å². The minimum atomic E-state index is -0.667.